The number of hydrogen-bond donors (Lipinski definition) is 3. The first-order valence-electron chi connectivity index (χ1n) is 5.40. The molecule has 1 heterocycles. The molecule has 19 heavy (non-hydrogen) atoms. The molecule has 98 valence electrons. The van der Waals surface area contributed by atoms with Gasteiger partial charge in [0, 0.05) is 24.1 Å². The number of hydrogen-bond acceptors (Lipinski definition) is 4. The van der Waals surface area contributed by atoms with E-state index in [1.54, 1.807) is 18.5 Å². The smallest absolute Gasteiger partial charge is 0.339 e. The van der Waals surface area contributed by atoms with E-state index in [2.05, 4.69) is 10.4 Å². The number of carboxylic acids is 1. The maximum absolute atomic E-state index is 11.6. The number of carboxylic acid groups (broad SMARTS) is 1. The fourth-order valence-corrected chi connectivity index (χ4v) is 1.53. The lowest BCUT2D eigenvalue weighted by atomic mass is 10.2. The molecule has 1 amide bonds. The summed E-state index contributed by atoms with van der Waals surface area (Å²) in [6.07, 6.45) is 3.20. The highest BCUT2D eigenvalue weighted by Crippen LogP contribution is 2.21. The van der Waals surface area contributed by atoms with Gasteiger partial charge in [0.05, 0.1) is 0 Å². The summed E-state index contributed by atoms with van der Waals surface area (Å²) >= 11 is 0. The minimum atomic E-state index is -1.23. The molecule has 7 heteroatoms. The Hall–Kier alpha value is -2.83. The SMILES string of the molecule is O=C(Cn1cccn1)Nc1ccc(C(=O)O)c(O)c1. The lowest BCUT2D eigenvalue weighted by Crippen LogP contribution is -2.19. The van der Waals surface area contributed by atoms with Crippen molar-refractivity contribution in [3.8, 4) is 5.75 Å². The van der Waals surface area contributed by atoms with Crippen molar-refractivity contribution in [1.82, 2.24) is 9.78 Å². The third-order valence-electron chi connectivity index (χ3n) is 2.38. The Labute approximate surface area is 108 Å². The Morgan fingerprint density at radius 3 is 2.74 bits per heavy atom. The summed E-state index contributed by atoms with van der Waals surface area (Å²) in [5.74, 6) is -1.96. The summed E-state index contributed by atoms with van der Waals surface area (Å²) in [7, 11) is 0. The van der Waals surface area contributed by atoms with Gasteiger partial charge in [-0.2, -0.15) is 5.10 Å². The first-order chi connectivity index (χ1) is 9.06. The highest BCUT2D eigenvalue weighted by atomic mass is 16.4. The van der Waals surface area contributed by atoms with Crippen LogP contribution in [0.4, 0.5) is 5.69 Å². The Balaban J connectivity index is 2.05. The molecule has 0 saturated heterocycles. The number of aromatic hydroxyl groups is 1. The topological polar surface area (TPSA) is 104 Å². The molecule has 0 aliphatic carbocycles. The number of nitrogens with zero attached hydrogens (tertiary/aromatic N) is 2. The van der Waals surface area contributed by atoms with Crippen LogP contribution in [0.5, 0.6) is 5.75 Å². The van der Waals surface area contributed by atoms with Crippen molar-refractivity contribution < 1.29 is 19.8 Å². The summed E-state index contributed by atoms with van der Waals surface area (Å²) in [6.45, 7) is 0.0362. The summed E-state index contributed by atoms with van der Waals surface area (Å²) < 4.78 is 1.45. The van der Waals surface area contributed by atoms with Gasteiger partial charge in [-0.1, -0.05) is 0 Å². The van der Waals surface area contributed by atoms with Crippen LogP contribution < -0.4 is 5.32 Å². The number of phenols is 1. The Bertz CT molecular complexity index is 607. The average molecular weight is 261 g/mol. The van der Waals surface area contributed by atoms with Crippen LogP contribution in [0.15, 0.2) is 36.7 Å². The molecule has 0 bridgehead atoms. The van der Waals surface area contributed by atoms with Gasteiger partial charge in [-0.15, -0.1) is 0 Å². The van der Waals surface area contributed by atoms with Crippen molar-refractivity contribution in [2.24, 2.45) is 0 Å². The van der Waals surface area contributed by atoms with E-state index in [1.165, 1.54) is 22.9 Å². The Kier molecular flexibility index (Phi) is 3.46. The normalized spacial score (nSPS) is 10.1. The molecule has 0 fully saturated rings. The minimum absolute atomic E-state index is 0.0362. The van der Waals surface area contributed by atoms with Crippen molar-refractivity contribution in [2.45, 2.75) is 6.54 Å². The average Bonchev–Trinajstić information content (AvgIpc) is 2.81. The molecule has 0 spiro atoms. The number of amides is 1. The van der Waals surface area contributed by atoms with Crippen molar-refractivity contribution in [2.75, 3.05) is 5.32 Å². The second kappa shape index (κ2) is 5.21. The first-order valence-corrected chi connectivity index (χ1v) is 5.40. The van der Waals surface area contributed by atoms with Crippen molar-refractivity contribution in [1.29, 1.82) is 0 Å². The van der Waals surface area contributed by atoms with Gasteiger partial charge in [0.25, 0.3) is 0 Å². The number of carbonyl (C=O) groups is 2. The van der Waals surface area contributed by atoms with Gasteiger partial charge in [0.2, 0.25) is 5.91 Å². The third-order valence-corrected chi connectivity index (χ3v) is 2.38. The van der Waals surface area contributed by atoms with E-state index in [1.807, 2.05) is 0 Å². The number of rotatable bonds is 4. The summed E-state index contributed by atoms with van der Waals surface area (Å²) in [4.78, 5) is 22.3. The molecule has 0 aliphatic rings. The van der Waals surface area contributed by atoms with Crippen LogP contribution >= 0.6 is 0 Å². The fourth-order valence-electron chi connectivity index (χ4n) is 1.53. The molecule has 3 N–H and O–H groups in total. The fraction of sp³-hybridized carbons (Fsp3) is 0.0833. The predicted molar refractivity (Wildman–Crippen MR) is 65.9 cm³/mol. The molecular formula is C12H11N3O4. The van der Waals surface area contributed by atoms with Crippen LogP contribution in [0.25, 0.3) is 0 Å². The molecule has 0 unspecified atom stereocenters. The van der Waals surface area contributed by atoms with Crippen molar-refractivity contribution in [3.05, 3.63) is 42.2 Å². The van der Waals surface area contributed by atoms with Crippen LogP contribution in [0.3, 0.4) is 0 Å². The predicted octanol–water partition coefficient (Wildman–Crippen LogP) is 0.926. The molecule has 0 saturated carbocycles. The van der Waals surface area contributed by atoms with Gasteiger partial charge in [0.15, 0.2) is 0 Å². The Morgan fingerprint density at radius 2 is 2.16 bits per heavy atom. The van der Waals surface area contributed by atoms with Gasteiger partial charge in [-0.3, -0.25) is 9.48 Å². The lowest BCUT2D eigenvalue weighted by molar-refractivity contribution is -0.116. The van der Waals surface area contributed by atoms with Gasteiger partial charge in [-0.25, -0.2) is 4.79 Å². The number of benzene rings is 1. The summed E-state index contributed by atoms with van der Waals surface area (Å²) in [5, 5.41) is 24.6. The zero-order valence-electron chi connectivity index (χ0n) is 9.78. The molecule has 2 aromatic rings. The van der Waals surface area contributed by atoms with E-state index in [-0.39, 0.29) is 18.0 Å². The van der Waals surface area contributed by atoms with Crippen molar-refractivity contribution >= 4 is 17.6 Å². The standard InChI is InChI=1S/C12H11N3O4/c16-10-6-8(2-3-9(10)12(18)19)14-11(17)7-15-5-1-4-13-15/h1-6,16H,7H2,(H,14,17)(H,18,19). The van der Waals surface area contributed by atoms with Crippen LogP contribution in [0.2, 0.25) is 0 Å². The summed E-state index contributed by atoms with van der Waals surface area (Å²) in [5.41, 5.74) is 0.102. The van der Waals surface area contributed by atoms with E-state index in [9.17, 15) is 14.7 Å². The summed E-state index contributed by atoms with van der Waals surface area (Å²) in [6, 6.07) is 5.51. The second-order valence-electron chi connectivity index (χ2n) is 3.79. The lowest BCUT2D eigenvalue weighted by Gasteiger charge is -2.07. The maximum Gasteiger partial charge on any atom is 0.339 e. The molecule has 0 radical (unpaired) electrons. The Morgan fingerprint density at radius 1 is 1.37 bits per heavy atom. The van der Waals surface area contributed by atoms with Gasteiger partial charge in [-0.05, 0) is 18.2 Å². The minimum Gasteiger partial charge on any atom is -0.507 e. The number of aromatic nitrogens is 2. The van der Waals surface area contributed by atoms with E-state index in [4.69, 9.17) is 5.11 Å². The highest BCUT2D eigenvalue weighted by molar-refractivity contribution is 5.94. The van der Waals surface area contributed by atoms with Crippen LogP contribution in [0, 0.1) is 0 Å². The van der Waals surface area contributed by atoms with Crippen LogP contribution in [-0.4, -0.2) is 31.9 Å². The van der Waals surface area contributed by atoms with E-state index in [0.29, 0.717) is 5.69 Å². The molecule has 1 aromatic heterocycles. The molecule has 2 rings (SSSR count). The number of carbonyl (C=O) groups excluding carboxylic acids is 1. The van der Waals surface area contributed by atoms with E-state index >= 15 is 0 Å². The number of nitrogens with one attached hydrogen (secondary N) is 1. The molecule has 0 atom stereocenters. The molecule has 0 aliphatic heterocycles. The van der Waals surface area contributed by atoms with Crippen LogP contribution in [-0.2, 0) is 11.3 Å². The molecule has 7 nitrogen and oxygen atoms in total. The molecular weight excluding hydrogens is 250 g/mol. The molecule has 1 aromatic carbocycles. The van der Waals surface area contributed by atoms with E-state index in [0.717, 1.165) is 0 Å². The number of anilines is 1. The largest absolute Gasteiger partial charge is 0.507 e. The van der Waals surface area contributed by atoms with Crippen molar-refractivity contribution in [3.63, 3.8) is 0 Å². The monoisotopic (exact) mass is 261 g/mol. The van der Waals surface area contributed by atoms with Crippen LogP contribution in [0.1, 0.15) is 10.4 Å². The zero-order chi connectivity index (χ0) is 13.8. The quantitative estimate of drug-likeness (QED) is 0.759. The maximum atomic E-state index is 11.6. The number of aromatic carboxylic acids is 1. The third kappa shape index (κ3) is 3.09. The van der Waals surface area contributed by atoms with Gasteiger partial charge >= 0.3 is 5.97 Å². The van der Waals surface area contributed by atoms with E-state index < -0.39 is 11.7 Å². The zero-order valence-corrected chi connectivity index (χ0v) is 9.78. The van der Waals surface area contributed by atoms with Gasteiger partial charge in [0.1, 0.15) is 17.9 Å². The van der Waals surface area contributed by atoms with Gasteiger partial charge < -0.3 is 15.5 Å². The highest BCUT2D eigenvalue weighted by Gasteiger charge is 2.11. The second-order valence-corrected chi connectivity index (χ2v) is 3.79. The first kappa shape index (κ1) is 12.6.